The highest BCUT2D eigenvalue weighted by molar-refractivity contribution is 5.68. The predicted octanol–water partition coefficient (Wildman–Crippen LogP) is 2.31. The second kappa shape index (κ2) is 6.23. The summed E-state index contributed by atoms with van der Waals surface area (Å²) < 4.78 is 10.6. The molecular formula is C17H20N2O3. The summed E-state index contributed by atoms with van der Waals surface area (Å²) in [5.74, 6) is 1.38. The Labute approximate surface area is 129 Å². The van der Waals surface area contributed by atoms with Crippen LogP contribution in [0.25, 0.3) is 11.3 Å². The van der Waals surface area contributed by atoms with Crippen LogP contribution in [0.4, 0.5) is 0 Å². The number of hydrogen-bond donors (Lipinski definition) is 2. The third-order valence-electron chi connectivity index (χ3n) is 3.85. The second-order valence-corrected chi connectivity index (χ2v) is 5.45. The van der Waals surface area contributed by atoms with Crippen LogP contribution in [0.3, 0.4) is 0 Å². The zero-order valence-corrected chi connectivity index (χ0v) is 12.8. The number of ether oxygens (including phenoxy) is 2. The van der Waals surface area contributed by atoms with Crippen molar-refractivity contribution in [3.8, 4) is 22.8 Å². The molecule has 1 aliphatic rings. The smallest absolute Gasteiger partial charge is 0.252 e. The third-order valence-corrected chi connectivity index (χ3v) is 3.85. The highest BCUT2D eigenvalue weighted by Gasteiger charge is 2.20. The molecule has 1 saturated carbocycles. The molecule has 0 saturated heterocycles. The molecule has 0 amide bonds. The number of aromatic nitrogens is 1. The molecule has 5 nitrogen and oxygen atoms in total. The molecule has 1 aromatic heterocycles. The van der Waals surface area contributed by atoms with Crippen LogP contribution in [-0.4, -0.2) is 25.2 Å². The maximum atomic E-state index is 12.2. The van der Waals surface area contributed by atoms with Gasteiger partial charge in [-0.15, -0.1) is 0 Å². The minimum absolute atomic E-state index is 0.0662. The Kier molecular flexibility index (Phi) is 4.15. The van der Waals surface area contributed by atoms with E-state index in [9.17, 15) is 4.79 Å². The van der Waals surface area contributed by atoms with Crippen molar-refractivity contribution in [1.82, 2.24) is 10.3 Å². The van der Waals surface area contributed by atoms with Gasteiger partial charge >= 0.3 is 0 Å². The Morgan fingerprint density at radius 3 is 2.64 bits per heavy atom. The monoisotopic (exact) mass is 300 g/mol. The summed E-state index contributed by atoms with van der Waals surface area (Å²) in [5, 5.41) is 3.35. The van der Waals surface area contributed by atoms with Gasteiger partial charge in [0.15, 0.2) is 0 Å². The molecule has 1 aromatic carbocycles. The molecule has 2 N–H and O–H groups in total. The van der Waals surface area contributed by atoms with Crippen LogP contribution in [0, 0.1) is 0 Å². The first-order valence-electron chi connectivity index (χ1n) is 7.39. The fourth-order valence-electron chi connectivity index (χ4n) is 2.36. The molecule has 1 aliphatic carbocycles. The van der Waals surface area contributed by atoms with E-state index in [1.165, 1.54) is 12.8 Å². The van der Waals surface area contributed by atoms with Gasteiger partial charge in [-0.05, 0) is 31.0 Å². The van der Waals surface area contributed by atoms with Crippen molar-refractivity contribution in [1.29, 1.82) is 0 Å². The molecule has 22 heavy (non-hydrogen) atoms. The number of hydrogen-bond acceptors (Lipinski definition) is 4. The Bertz CT molecular complexity index is 720. The molecular weight excluding hydrogens is 280 g/mol. The fraction of sp³-hybridized carbons (Fsp3) is 0.353. The van der Waals surface area contributed by atoms with E-state index >= 15 is 0 Å². The molecule has 0 unspecified atom stereocenters. The lowest BCUT2D eigenvalue weighted by Gasteiger charge is -2.11. The quantitative estimate of drug-likeness (QED) is 0.859. The average Bonchev–Trinajstić information content (AvgIpc) is 3.37. The summed E-state index contributed by atoms with van der Waals surface area (Å²) >= 11 is 0. The second-order valence-electron chi connectivity index (χ2n) is 5.45. The van der Waals surface area contributed by atoms with Gasteiger partial charge < -0.3 is 19.8 Å². The zero-order valence-electron chi connectivity index (χ0n) is 12.8. The molecule has 2 aromatic rings. The van der Waals surface area contributed by atoms with E-state index in [4.69, 9.17) is 9.47 Å². The molecule has 1 fully saturated rings. The van der Waals surface area contributed by atoms with Gasteiger partial charge in [-0.1, -0.05) is 6.07 Å². The van der Waals surface area contributed by atoms with Crippen LogP contribution < -0.4 is 20.3 Å². The van der Waals surface area contributed by atoms with Crippen molar-refractivity contribution in [2.45, 2.75) is 25.4 Å². The van der Waals surface area contributed by atoms with Gasteiger partial charge in [-0.3, -0.25) is 4.79 Å². The van der Waals surface area contributed by atoms with E-state index in [1.54, 1.807) is 20.3 Å². The van der Waals surface area contributed by atoms with E-state index in [0.29, 0.717) is 24.1 Å². The number of rotatable bonds is 6. The van der Waals surface area contributed by atoms with E-state index in [0.717, 1.165) is 16.8 Å². The SMILES string of the molecule is COc1ccc(-c2ccc(CNC3CC3)c(=O)[nH]2)c(OC)c1. The van der Waals surface area contributed by atoms with Crippen molar-refractivity contribution in [2.24, 2.45) is 0 Å². The molecule has 0 spiro atoms. The third kappa shape index (κ3) is 3.14. The lowest BCUT2D eigenvalue weighted by atomic mass is 10.1. The molecule has 0 aliphatic heterocycles. The summed E-state index contributed by atoms with van der Waals surface area (Å²) in [7, 11) is 3.21. The van der Waals surface area contributed by atoms with Gasteiger partial charge in [0.2, 0.25) is 0 Å². The predicted molar refractivity (Wildman–Crippen MR) is 85.5 cm³/mol. The first-order valence-corrected chi connectivity index (χ1v) is 7.39. The van der Waals surface area contributed by atoms with Crippen molar-refractivity contribution in [2.75, 3.05) is 14.2 Å². The number of methoxy groups -OCH3 is 2. The van der Waals surface area contributed by atoms with Crippen LogP contribution in [0.1, 0.15) is 18.4 Å². The van der Waals surface area contributed by atoms with Gasteiger partial charge in [0.1, 0.15) is 11.5 Å². The molecule has 3 rings (SSSR count). The van der Waals surface area contributed by atoms with Crippen molar-refractivity contribution in [3.63, 3.8) is 0 Å². The summed E-state index contributed by atoms with van der Waals surface area (Å²) in [6.45, 7) is 0.611. The van der Waals surface area contributed by atoms with Gasteiger partial charge in [0, 0.05) is 29.8 Å². The van der Waals surface area contributed by atoms with Crippen molar-refractivity contribution < 1.29 is 9.47 Å². The summed E-state index contributed by atoms with van der Waals surface area (Å²) in [6.07, 6.45) is 2.41. The maximum absolute atomic E-state index is 12.2. The lowest BCUT2D eigenvalue weighted by molar-refractivity contribution is 0.395. The molecule has 116 valence electrons. The van der Waals surface area contributed by atoms with Crippen LogP contribution in [0.15, 0.2) is 35.1 Å². The van der Waals surface area contributed by atoms with E-state index in [-0.39, 0.29) is 5.56 Å². The number of aromatic amines is 1. The fourth-order valence-corrected chi connectivity index (χ4v) is 2.36. The van der Waals surface area contributed by atoms with E-state index < -0.39 is 0 Å². The van der Waals surface area contributed by atoms with Gasteiger partial charge in [-0.25, -0.2) is 0 Å². The van der Waals surface area contributed by atoms with Gasteiger partial charge in [0.25, 0.3) is 5.56 Å². The number of benzene rings is 1. The topological polar surface area (TPSA) is 63.3 Å². The summed E-state index contributed by atoms with van der Waals surface area (Å²) in [4.78, 5) is 15.1. The highest BCUT2D eigenvalue weighted by Crippen LogP contribution is 2.31. The number of H-pyrrole nitrogens is 1. The lowest BCUT2D eigenvalue weighted by Crippen LogP contribution is -2.22. The Morgan fingerprint density at radius 2 is 2.00 bits per heavy atom. The van der Waals surface area contributed by atoms with Crippen LogP contribution in [0.5, 0.6) is 11.5 Å². The van der Waals surface area contributed by atoms with Crippen LogP contribution >= 0.6 is 0 Å². The Balaban J connectivity index is 1.88. The average molecular weight is 300 g/mol. The van der Waals surface area contributed by atoms with Crippen LogP contribution in [-0.2, 0) is 6.54 Å². The molecule has 5 heteroatoms. The first-order chi connectivity index (χ1) is 10.7. The normalized spacial score (nSPS) is 13.9. The number of nitrogens with one attached hydrogen (secondary N) is 2. The minimum Gasteiger partial charge on any atom is -0.497 e. The van der Waals surface area contributed by atoms with E-state index in [2.05, 4.69) is 10.3 Å². The summed E-state index contributed by atoms with van der Waals surface area (Å²) in [6, 6.07) is 9.89. The Morgan fingerprint density at radius 1 is 1.18 bits per heavy atom. The molecule has 0 bridgehead atoms. The molecule has 1 heterocycles. The molecule has 0 atom stereocenters. The van der Waals surface area contributed by atoms with Crippen molar-refractivity contribution >= 4 is 0 Å². The van der Waals surface area contributed by atoms with Crippen molar-refractivity contribution in [3.05, 3.63) is 46.2 Å². The summed E-state index contributed by atoms with van der Waals surface area (Å²) in [5.41, 5.74) is 2.26. The molecule has 0 radical (unpaired) electrons. The standard InChI is InChI=1S/C17H20N2O3/c1-21-13-6-7-14(16(9-13)22-2)15-8-3-11(17(20)19-15)10-18-12-4-5-12/h3,6-9,12,18H,4-5,10H2,1-2H3,(H,19,20). The maximum Gasteiger partial charge on any atom is 0.252 e. The highest BCUT2D eigenvalue weighted by atomic mass is 16.5. The van der Waals surface area contributed by atoms with Crippen LogP contribution in [0.2, 0.25) is 0 Å². The van der Waals surface area contributed by atoms with Gasteiger partial charge in [0.05, 0.1) is 19.9 Å². The Hall–Kier alpha value is -2.27. The minimum atomic E-state index is -0.0662. The zero-order chi connectivity index (χ0) is 15.5. The largest absolute Gasteiger partial charge is 0.497 e. The number of pyridine rings is 1. The first kappa shape index (κ1) is 14.7. The van der Waals surface area contributed by atoms with Gasteiger partial charge in [-0.2, -0.15) is 0 Å². The van der Waals surface area contributed by atoms with E-state index in [1.807, 2.05) is 24.3 Å².